The zero-order chi connectivity index (χ0) is 21.1. The van der Waals surface area contributed by atoms with E-state index in [2.05, 4.69) is 12.0 Å². The first-order valence-corrected chi connectivity index (χ1v) is 9.94. The van der Waals surface area contributed by atoms with Gasteiger partial charge in [0.1, 0.15) is 13.2 Å². The van der Waals surface area contributed by atoms with Crippen LogP contribution >= 0.6 is 0 Å². The van der Waals surface area contributed by atoms with Gasteiger partial charge in [-0.2, -0.15) is 10.1 Å². The molecule has 1 N–H and O–H groups in total. The van der Waals surface area contributed by atoms with E-state index in [4.69, 9.17) is 14.6 Å². The van der Waals surface area contributed by atoms with E-state index in [1.807, 2.05) is 24.3 Å². The van der Waals surface area contributed by atoms with E-state index in [9.17, 15) is 9.59 Å². The highest BCUT2D eigenvalue weighted by Crippen LogP contribution is 2.33. The second kappa shape index (κ2) is 8.41. The highest BCUT2D eigenvalue weighted by molar-refractivity contribution is 6.32. The van der Waals surface area contributed by atoms with Crippen LogP contribution < -0.4 is 14.5 Å². The van der Waals surface area contributed by atoms with Gasteiger partial charge < -0.3 is 14.6 Å². The molecule has 30 heavy (non-hydrogen) atoms. The number of hydrogen-bond donors (Lipinski definition) is 1. The lowest BCUT2D eigenvalue weighted by Crippen LogP contribution is -2.21. The van der Waals surface area contributed by atoms with Crippen molar-refractivity contribution >= 4 is 29.4 Å². The van der Waals surface area contributed by atoms with Crippen LogP contribution in [0.25, 0.3) is 6.08 Å². The van der Waals surface area contributed by atoms with Gasteiger partial charge in [0.2, 0.25) is 0 Å². The normalized spacial score (nSPS) is 16.7. The largest absolute Gasteiger partial charge is 0.486 e. The van der Waals surface area contributed by atoms with Crippen molar-refractivity contribution in [3.63, 3.8) is 0 Å². The zero-order valence-corrected chi connectivity index (χ0v) is 16.6. The molecule has 0 radical (unpaired) electrons. The highest BCUT2D eigenvalue weighted by Gasteiger charge is 2.31. The predicted octanol–water partition coefficient (Wildman–Crippen LogP) is 4.13. The number of carbonyl (C=O) groups excluding carboxylic acids is 1. The van der Waals surface area contributed by atoms with Gasteiger partial charge in [-0.1, -0.05) is 19.4 Å². The van der Waals surface area contributed by atoms with Crippen molar-refractivity contribution in [1.82, 2.24) is 0 Å². The summed E-state index contributed by atoms with van der Waals surface area (Å²) in [7, 11) is 0. The van der Waals surface area contributed by atoms with Gasteiger partial charge in [-0.25, -0.2) is 4.79 Å². The molecule has 0 aromatic heterocycles. The van der Waals surface area contributed by atoms with E-state index >= 15 is 0 Å². The summed E-state index contributed by atoms with van der Waals surface area (Å²) in [5.41, 5.74) is 2.77. The van der Waals surface area contributed by atoms with E-state index in [1.165, 1.54) is 17.1 Å². The summed E-state index contributed by atoms with van der Waals surface area (Å²) >= 11 is 0. The van der Waals surface area contributed by atoms with E-state index in [0.29, 0.717) is 42.4 Å². The van der Waals surface area contributed by atoms with Crippen molar-refractivity contribution in [1.29, 1.82) is 0 Å². The number of carboxylic acids is 1. The molecule has 0 spiro atoms. The topological polar surface area (TPSA) is 88.4 Å². The van der Waals surface area contributed by atoms with E-state index in [-0.39, 0.29) is 11.5 Å². The Bertz CT molecular complexity index is 1040. The molecule has 2 aliphatic heterocycles. The van der Waals surface area contributed by atoms with Gasteiger partial charge in [-0.05, 0) is 60.9 Å². The minimum absolute atomic E-state index is 0.160. The van der Waals surface area contributed by atoms with Gasteiger partial charge in [0.15, 0.2) is 11.5 Å². The smallest absolute Gasteiger partial charge is 0.335 e. The molecular formula is C23H22N2O5. The maximum absolute atomic E-state index is 13.2. The molecule has 2 aromatic carbocycles. The van der Waals surface area contributed by atoms with Gasteiger partial charge in [-0.3, -0.25) is 4.79 Å². The number of fused-ring (bicyclic) bond motifs is 1. The lowest BCUT2D eigenvalue weighted by atomic mass is 10.0. The van der Waals surface area contributed by atoms with Crippen LogP contribution in [0, 0.1) is 0 Å². The molecule has 0 fully saturated rings. The summed E-state index contributed by atoms with van der Waals surface area (Å²) in [5.74, 6) is 0.107. The molecule has 7 nitrogen and oxygen atoms in total. The van der Waals surface area contributed by atoms with Crippen LogP contribution in [0.1, 0.15) is 42.1 Å². The molecule has 2 heterocycles. The SMILES string of the molecule is CCCCC1=NN(c2ccc(C(=O)O)cc2)C(=O)/C1=C\c1ccc2c(c1)OCCO2. The Morgan fingerprint density at radius 1 is 1.13 bits per heavy atom. The van der Waals surface area contributed by atoms with Crippen molar-refractivity contribution < 1.29 is 24.2 Å². The molecular weight excluding hydrogens is 384 g/mol. The number of carboxylic acid groups (broad SMARTS) is 1. The van der Waals surface area contributed by atoms with E-state index in [1.54, 1.807) is 12.1 Å². The minimum atomic E-state index is -1.01. The van der Waals surface area contributed by atoms with Crippen LogP contribution in [0.3, 0.4) is 0 Å². The average molecular weight is 406 g/mol. The Hall–Kier alpha value is -3.61. The van der Waals surface area contributed by atoms with E-state index in [0.717, 1.165) is 24.1 Å². The van der Waals surface area contributed by atoms with Crippen molar-refractivity contribution in [2.24, 2.45) is 5.10 Å². The quantitative estimate of drug-likeness (QED) is 0.729. The third-order valence-corrected chi connectivity index (χ3v) is 4.96. The number of unbranched alkanes of at least 4 members (excludes halogenated alkanes) is 1. The molecule has 2 aliphatic rings. The summed E-state index contributed by atoms with van der Waals surface area (Å²) < 4.78 is 11.2. The standard InChI is InChI=1S/C23H22N2O5/c1-2-3-4-19-18(13-15-5-10-20-21(14-15)30-12-11-29-20)22(26)25(24-19)17-8-6-16(7-9-17)23(27)28/h5-10,13-14H,2-4,11-12H2,1H3,(H,27,28)/b18-13-. The van der Waals surface area contributed by atoms with Gasteiger partial charge in [-0.15, -0.1) is 0 Å². The molecule has 0 saturated heterocycles. The number of hydrazone groups is 1. The van der Waals surface area contributed by atoms with Crippen molar-refractivity contribution in [3.8, 4) is 11.5 Å². The van der Waals surface area contributed by atoms with Crippen LogP contribution in [0.15, 0.2) is 53.1 Å². The third kappa shape index (κ3) is 3.91. The second-order valence-electron chi connectivity index (χ2n) is 7.08. The van der Waals surface area contributed by atoms with Gasteiger partial charge in [0.25, 0.3) is 5.91 Å². The number of ether oxygens (including phenoxy) is 2. The molecule has 7 heteroatoms. The van der Waals surface area contributed by atoms with Crippen molar-refractivity contribution in [3.05, 3.63) is 59.2 Å². The predicted molar refractivity (Wildman–Crippen MR) is 113 cm³/mol. The number of carbonyl (C=O) groups is 2. The molecule has 154 valence electrons. The van der Waals surface area contributed by atoms with Crippen LogP contribution in [0.5, 0.6) is 11.5 Å². The second-order valence-corrected chi connectivity index (χ2v) is 7.08. The maximum atomic E-state index is 13.2. The number of rotatable bonds is 6. The Morgan fingerprint density at radius 2 is 1.87 bits per heavy atom. The van der Waals surface area contributed by atoms with Crippen LogP contribution in [0.4, 0.5) is 5.69 Å². The summed E-state index contributed by atoms with van der Waals surface area (Å²) in [5, 5.41) is 15.0. The van der Waals surface area contributed by atoms with Crippen LogP contribution in [-0.2, 0) is 4.79 Å². The molecule has 1 amide bonds. The van der Waals surface area contributed by atoms with E-state index < -0.39 is 5.97 Å². The fourth-order valence-electron chi connectivity index (χ4n) is 3.37. The monoisotopic (exact) mass is 406 g/mol. The molecule has 0 atom stereocenters. The maximum Gasteiger partial charge on any atom is 0.335 e. The first kappa shape index (κ1) is 19.7. The Labute approximate surface area is 174 Å². The van der Waals surface area contributed by atoms with Gasteiger partial charge in [0, 0.05) is 0 Å². The molecule has 0 unspecified atom stereocenters. The van der Waals surface area contributed by atoms with Crippen molar-refractivity contribution in [2.75, 3.05) is 18.2 Å². The summed E-state index contributed by atoms with van der Waals surface area (Å²) in [6.07, 6.45) is 4.40. The Kier molecular flexibility index (Phi) is 5.52. The number of benzene rings is 2. The number of anilines is 1. The van der Waals surface area contributed by atoms with Crippen molar-refractivity contribution in [2.45, 2.75) is 26.2 Å². The first-order valence-electron chi connectivity index (χ1n) is 9.94. The molecule has 4 rings (SSSR count). The summed E-state index contributed by atoms with van der Waals surface area (Å²) in [6, 6.07) is 11.7. The fourth-order valence-corrected chi connectivity index (χ4v) is 3.37. The fraction of sp³-hybridized carbons (Fsp3) is 0.261. The number of nitrogens with zero attached hydrogens (tertiary/aromatic N) is 2. The lowest BCUT2D eigenvalue weighted by molar-refractivity contribution is -0.114. The zero-order valence-electron chi connectivity index (χ0n) is 16.6. The molecule has 2 aromatic rings. The van der Waals surface area contributed by atoms with Gasteiger partial charge in [0.05, 0.1) is 22.5 Å². The van der Waals surface area contributed by atoms with Crippen LogP contribution in [-0.4, -0.2) is 35.9 Å². The number of aromatic carboxylic acids is 1. The minimum Gasteiger partial charge on any atom is -0.486 e. The average Bonchev–Trinajstić information content (AvgIpc) is 3.07. The molecule has 0 aliphatic carbocycles. The Morgan fingerprint density at radius 3 is 2.57 bits per heavy atom. The summed E-state index contributed by atoms with van der Waals surface area (Å²) in [4.78, 5) is 24.3. The first-order chi connectivity index (χ1) is 14.6. The third-order valence-electron chi connectivity index (χ3n) is 4.96. The molecule has 0 saturated carbocycles. The van der Waals surface area contributed by atoms with Crippen LogP contribution in [0.2, 0.25) is 0 Å². The number of hydrogen-bond acceptors (Lipinski definition) is 5. The number of amides is 1. The highest BCUT2D eigenvalue weighted by atomic mass is 16.6. The van der Waals surface area contributed by atoms with Gasteiger partial charge >= 0.3 is 5.97 Å². The summed E-state index contributed by atoms with van der Waals surface area (Å²) in [6.45, 7) is 3.11. The molecule has 0 bridgehead atoms. The Balaban J connectivity index is 1.66. The lowest BCUT2D eigenvalue weighted by Gasteiger charge is -2.18.